The summed E-state index contributed by atoms with van der Waals surface area (Å²) < 4.78 is 32.3. The number of anilines is 1. The maximum atomic E-state index is 12.9. The molecule has 3 rings (SSSR count). The van der Waals surface area contributed by atoms with E-state index in [0.29, 0.717) is 36.5 Å². The summed E-state index contributed by atoms with van der Waals surface area (Å²) >= 11 is 5.92. The molecule has 1 N–H and O–H groups in total. The van der Waals surface area contributed by atoms with E-state index < -0.39 is 10.0 Å². The number of halogens is 1. The molecule has 0 unspecified atom stereocenters. The van der Waals surface area contributed by atoms with Crippen LogP contribution in [0.15, 0.2) is 33.7 Å². The highest BCUT2D eigenvalue weighted by atomic mass is 35.5. The standard InChI is InChI=1S/C19H25ClN4O4S/c1-3-23-9-11-24(12-10-23)29(26,27)16-6-4-5-15(13-16)21-18(25)8-7-17-14(2)22-28-19(17)20/h4-6,13H,3,7-12H2,1-2H3,(H,21,25). The molecular formula is C19H25ClN4O4S. The van der Waals surface area contributed by atoms with Crippen LogP contribution >= 0.6 is 11.6 Å². The van der Waals surface area contributed by atoms with Crippen LogP contribution in [0.5, 0.6) is 0 Å². The van der Waals surface area contributed by atoms with Crippen LogP contribution in [0.3, 0.4) is 0 Å². The molecule has 0 aliphatic carbocycles. The van der Waals surface area contributed by atoms with E-state index in [1.807, 2.05) is 0 Å². The summed E-state index contributed by atoms with van der Waals surface area (Å²) in [7, 11) is -3.59. The molecule has 10 heteroatoms. The van der Waals surface area contributed by atoms with Crippen molar-refractivity contribution in [3.05, 3.63) is 40.7 Å². The zero-order chi connectivity index (χ0) is 21.0. The van der Waals surface area contributed by atoms with Gasteiger partial charge in [-0.1, -0.05) is 18.1 Å². The van der Waals surface area contributed by atoms with Gasteiger partial charge in [-0.25, -0.2) is 8.42 Å². The number of aromatic nitrogens is 1. The molecule has 1 aliphatic rings. The third kappa shape index (κ3) is 5.16. The summed E-state index contributed by atoms with van der Waals surface area (Å²) in [6.45, 7) is 7.10. The predicted octanol–water partition coefficient (Wildman–Crippen LogP) is 2.53. The molecule has 8 nitrogen and oxygen atoms in total. The van der Waals surface area contributed by atoms with E-state index in [1.54, 1.807) is 25.1 Å². The summed E-state index contributed by atoms with van der Waals surface area (Å²) in [5.41, 5.74) is 1.79. The second-order valence-corrected chi connectivity index (χ2v) is 9.22. The van der Waals surface area contributed by atoms with Crippen molar-refractivity contribution in [1.29, 1.82) is 0 Å². The quantitative estimate of drug-likeness (QED) is 0.710. The first-order chi connectivity index (χ1) is 13.8. The molecule has 0 saturated carbocycles. The second kappa shape index (κ2) is 9.25. The molecule has 0 spiro atoms. The van der Waals surface area contributed by atoms with Crippen LogP contribution in [-0.4, -0.2) is 61.4 Å². The highest BCUT2D eigenvalue weighted by Crippen LogP contribution is 2.23. The van der Waals surface area contributed by atoms with Gasteiger partial charge in [-0.3, -0.25) is 4.79 Å². The van der Waals surface area contributed by atoms with E-state index in [4.69, 9.17) is 16.1 Å². The number of carbonyl (C=O) groups excluding carboxylic acids is 1. The number of carbonyl (C=O) groups is 1. The van der Waals surface area contributed by atoms with Gasteiger partial charge in [-0.2, -0.15) is 4.31 Å². The molecule has 1 aromatic carbocycles. The monoisotopic (exact) mass is 440 g/mol. The molecule has 1 amide bonds. The molecule has 29 heavy (non-hydrogen) atoms. The van der Waals surface area contributed by atoms with E-state index in [-0.39, 0.29) is 22.4 Å². The lowest BCUT2D eigenvalue weighted by Crippen LogP contribution is -2.48. The molecule has 1 aromatic heterocycles. The maximum absolute atomic E-state index is 12.9. The Kier molecular flexibility index (Phi) is 6.94. The van der Waals surface area contributed by atoms with Gasteiger partial charge in [0.15, 0.2) is 0 Å². The molecule has 1 fully saturated rings. The third-order valence-corrected chi connectivity index (χ3v) is 7.26. The topological polar surface area (TPSA) is 95.8 Å². The van der Waals surface area contributed by atoms with Gasteiger partial charge in [-0.15, -0.1) is 0 Å². The fourth-order valence-corrected chi connectivity index (χ4v) is 5.01. The number of hydrogen-bond donors (Lipinski definition) is 1. The largest absolute Gasteiger partial charge is 0.344 e. The minimum Gasteiger partial charge on any atom is -0.344 e. The van der Waals surface area contributed by atoms with Crippen molar-refractivity contribution in [2.24, 2.45) is 0 Å². The third-order valence-electron chi connectivity index (χ3n) is 5.07. The number of sulfonamides is 1. The molecule has 2 aromatic rings. The molecule has 0 bridgehead atoms. The predicted molar refractivity (Wildman–Crippen MR) is 111 cm³/mol. The van der Waals surface area contributed by atoms with E-state index in [0.717, 1.165) is 19.6 Å². The van der Waals surface area contributed by atoms with Crippen LogP contribution in [0.4, 0.5) is 5.69 Å². The van der Waals surface area contributed by atoms with Crippen molar-refractivity contribution >= 4 is 33.2 Å². The first-order valence-corrected chi connectivity index (χ1v) is 11.4. The number of piperazine rings is 1. The number of likely N-dealkylation sites (N-methyl/N-ethyl adjacent to an activating group) is 1. The number of benzene rings is 1. The van der Waals surface area contributed by atoms with Crippen molar-refractivity contribution in [3.63, 3.8) is 0 Å². The van der Waals surface area contributed by atoms with Crippen molar-refractivity contribution in [1.82, 2.24) is 14.4 Å². The van der Waals surface area contributed by atoms with Crippen molar-refractivity contribution in [2.45, 2.75) is 31.6 Å². The number of rotatable bonds is 7. The van der Waals surface area contributed by atoms with Gasteiger partial charge in [-0.05, 0) is 49.7 Å². The average molecular weight is 441 g/mol. The number of nitrogens with zero attached hydrogens (tertiary/aromatic N) is 3. The van der Waals surface area contributed by atoms with Crippen LogP contribution in [0, 0.1) is 6.92 Å². The summed E-state index contributed by atoms with van der Waals surface area (Å²) in [5.74, 6) is -0.243. The number of aryl methyl sites for hydroxylation is 1. The lowest BCUT2D eigenvalue weighted by molar-refractivity contribution is -0.116. The normalized spacial score (nSPS) is 16.1. The maximum Gasteiger partial charge on any atom is 0.243 e. The Labute approximate surface area is 175 Å². The summed E-state index contributed by atoms with van der Waals surface area (Å²) in [6.07, 6.45) is 0.567. The van der Waals surface area contributed by atoms with Crippen LogP contribution in [-0.2, 0) is 21.2 Å². The number of amides is 1. The van der Waals surface area contributed by atoms with Crippen LogP contribution in [0.25, 0.3) is 0 Å². The Morgan fingerprint density at radius 3 is 2.62 bits per heavy atom. The fraction of sp³-hybridized carbons (Fsp3) is 0.474. The lowest BCUT2D eigenvalue weighted by Gasteiger charge is -2.33. The van der Waals surface area contributed by atoms with E-state index in [1.165, 1.54) is 10.4 Å². The summed E-state index contributed by atoms with van der Waals surface area (Å²) in [5, 5.41) is 6.70. The Hall–Kier alpha value is -1.94. The zero-order valence-corrected chi connectivity index (χ0v) is 18.1. The molecular weight excluding hydrogens is 416 g/mol. The zero-order valence-electron chi connectivity index (χ0n) is 16.5. The van der Waals surface area contributed by atoms with Gasteiger partial charge >= 0.3 is 0 Å². The van der Waals surface area contributed by atoms with Gasteiger partial charge in [0.05, 0.1) is 10.6 Å². The van der Waals surface area contributed by atoms with Crippen LogP contribution in [0.1, 0.15) is 24.6 Å². The summed E-state index contributed by atoms with van der Waals surface area (Å²) in [4.78, 5) is 14.7. The molecule has 0 atom stereocenters. The Bertz CT molecular complexity index is 949. The van der Waals surface area contributed by atoms with Gasteiger partial charge in [0, 0.05) is 43.9 Å². The van der Waals surface area contributed by atoms with E-state index >= 15 is 0 Å². The SMILES string of the molecule is CCN1CCN(S(=O)(=O)c2cccc(NC(=O)CCc3c(C)noc3Cl)c2)CC1. The molecule has 0 radical (unpaired) electrons. The van der Waals surface area contributed by atoms with Crippen molar-refractivity contribution in [2.75, 3.05) is 38.0 Å². The Balaban J connectivity index is 1.63. The highest BCUT2D eigenvalue weighted by molar-refractivity contribution is 7.89. The molecule has 2 heterocycles. The van der Waals surface area contributed by atoms with Crippen molar-refractivity contribution in [3.8, 4) is 0 Å². The van der Waals surface area contributed by atoms with E-state index in [9.17, 15) is 13.2 Å². The highest BCUT2D eigenvalue weighted by Gasteiger charge is 2.28. The fourth-order valence-electron chi connectivity index (χ4n) is 3.27. The molecule has 1 saturated heterocycles. The minimum atomic E-state index is -3.59. The molecule has 1 aliphatic heterocycles. The van der Waals surface area contributed by atoms with Gasteiger partial charge in [0.1, 0.15) is 0 Å². The molecule has 158 valence electrons. The number of hydrogen-bond acceptors (Lipinski definition) is 6. The van der Waals surface area contributed by atoms with Crippen molar-refractivity contribution < 1.29 is 17.7 Å². The van der Waals surface area contributed by atoms with Gasteiger partial charge in [0.25, 0.3) is 0 Å². The van der Waals surface area contributed by atoms with Gasteiger partial charge in [0.2, 0.25) is 21.1 Å². The first-order valence-electron chi connectivity index (χ1n) is 9.54. The smallest absolute Gasteiger partial charge is 0.243 e. The Morgan fingerprint density at radius 2 is 2.00 bits per heavy atom. The second-order valence-electron chi connectivity index (χ2n) is 6.93. The summed E-state index contributed by atoms with van der Waals surface area (Å²) in [6, 6.07) is 6.35. The first kappa shape index (κ1) is 21.8. The lowest BCUT2D eigenvalue weighted by atomic mass is 10.1. The van der Waals surface area contributed by atoms with Crippen LogP contribution in [0.2, 0.25) is 5.22 Å². The number of nitrogens with one attached hydrogen (secondary N) is 1. The Morgan fingerprint density at radius 1 is 1.28 bits per heavy atom. The van der Waals surface area contributed by atoms with Gasteiger partial charge < -0.3 is 14.7 Å². The minimum absolute atomic E-state index is 0.178. The van der Waals surface area contributed by atoms with E-state index in [2.05, 4.69) is 22.3 Å². The average Bonchev–Trinajstić information content (AvgIpc) is 3.04. The van der Waals surface area contributed by atoms with Crippen LogP contribution < -0.4 is 5.32 Å².